The third-order valence-electron chi connectivity index (χ3n) is 4.08. The van der Waals surface area contributed by atoms with Crippen LogP contribution in [0.2, 0.25) is 0 Å². The summed E-state index contributed by atoms with van der Waals surface area (Å²) in [6.07, 6.45) is 2.29. The average Bonchev–Trinajstić information content (AvgIpc) is 3.23. The smallest absolute Gasteiger partial charge is 0.129 e. The minimum Gasteiger partial charge on any atom is -0.462 e. The summed E-state index contributed by atoms with van der Waals surface area (Å²) >= 11 is 0. The third-order valence-corrected chi connectivity index (χ3v) is 4.08. The summed E-state index contributed by atoms with van der Waals surface area (Å²) in [5.41, 5.74) is 0.721. The van der Waals surface area contributed by atoms with Gasteiger partial charge in [0.25, 0.3) is 0 Å². The molecule has 1 heterocycles. The predicted octanol–water partition coefficient (Wildman–Crippen LogP) is 3.64. The fraction of sp³-hybridized carbons (Fsp3) is 0.412. The van der Waals surface area contributed by atoms with Gasteiger partial charge in [-0.1, -0.05) is 18.2 Å². The van der Waals surface area contributed by atoms with Gasteiger partial charge in [0.05, 0.1) is 6.54 Å². The Labute approximate surface area is 124 Å². The van der Waals surface area contributed by atoms with Crippen LogP contribution >= 0.6 is 0 Å². The number of aliphatic hydroxyl groups is 1. The van der Waals surface area contributed by atoms with Crippen LogP contribution in [0.15, 0.2) is 40.8 Å². The maximum Gasteiger partial charge on any atom is 0.129 e. The lowest BCUT2D eigenvalue weighted by molar-refractivity contribution is 0.167. The molecule has 112 valence electrons. The van der Waals surface area contributed by atoms with E-state index in [1.807, 2.05) is 25.1 Å². The molecule has 0 bridgehead atoms. The number of benzene rings is 1. The van der Waals surface area contributed by atoms with Gasteiger partial charge in [0.15, 0.2) is 0 Å². The van der Waals surface area contributed by atoms with Crippen molar-refractivity contribution < 1.29 is 13.9 Å². The zero-order chi connectivity index (χ0) is 14.8. The van der Waals surface area contributed by atoms with Crippen molar-refractivity contribution in [2.75, 3.05) is 0 Å². The molecule has 2 aromatic rings. The summed E-state index contributed by atoms with van der Waals surface area (Å²) in [5.74, 6) is 1.22. The Hall–Kier alpha value is -1.65. The summed E-state index contributed by atoms with van der Waals surface area (Å²) < 4.78 is 19.6. The van der Waals surface area contributed by atoms with Gasteiger partial charge in [-0.3, -0.25) is 4.90 Å². The molecule has 1 aliphatic carbocycles. The molecule has 1 aliphatic rings. The molecule has 1 fully saturated rings. The minimum absolute atomic E-state index is 0.00127. The molecule has 3 nitrogen and oxygen atoms in total. The molecule has 1 aromatic carbocycles. The maximum atomic E-state index is 14.0. The molecule has 1 N–H and O–H groups in total. The number of aliphatic hydroxyl groups excluding tert-OH is 1. The largest absolute Gasteiger partial charge is 0.462 e. The highest BCUT2D eigenvalue weighted by Gasteiger charge is 2.34. The summed E-state index contributed by atoms with van der Waals surface area (Å²) in [7, 11) is 0. The number of halogens is 1. The van der Waals surface area contributed by atoms with Crippen LogP contribution in [0.5, 0.6) is 0 Å². The highest BCUT2D eigenvalue weighted by atomic mass is 19.1. The van der Waals surface area contributed by atoms with E-state index in [0.717, 1.165) is 24.2 Å². The molecular formula is C17H20FNO2. The number of hydrogen-bond donors (Lipinski definition) is 1. The molecule has 0 amide bonds. The van der Waals surface area contributed by atoms with Gasteiger partial charge in [-0.05, 0) is 38.0 Å². The molecule has 1 saturated carbocycles. The molecule has 1 atom stereocenters. The average molecular weight is 289 g/mol. The van der Waals surface area contributed by atoms with Crippen LogP contribution in [0, 0.1) is 5.82 Å². The minimum atomic E-state index is -0.161. The van der Waals surface area contributed by atoms with Crippen LogP contribution in [-0.2, 0) is 13.2 Å². The van der Waals surface area contributed by atoms with Crippen molar-refractivity contribution in [1.82, 2.24) is 4.90 Å². The van der Waals surface area contributed by atoms with E-state index in [1.54, 1.807) is 12.1 Å². The highest BCUT2D eigenvalue weighted by molar-refractivity contribution is 5.21. The first kappa shape index (κ1) is 14.3. The summed E-state index contributed by atoms with van der Waals surface area (Å²) in [6, 6.07) is 11.1. The van der Waals surface area contributed by atoms with Gasteiger partial charge in [-0.15, -0.1) is 0 Å². The molecule has 0 radical (unpaired) electrons. The summed E-state index contributed by atoms with van der Waals surface area (Å²) in [4.78, 5) is 2.28. The first-order valence-corrected chi connectivity index (χ1v) is 7.37. The third kappa shape index (κ3) is 3.17. The Balaban J connectivity index is 1.79. The van der Waals surface area contributed by atoms with Crippen molar-refractivity contribution in [3.63, 3.8) is 0 Å². The van der Waals surface area contributed by atoms with Gasteiger partial charge in [0.2, 0.25) is 0 Å². The molecule has 0 aliphatic heterocycles. The van der Waals surface area contributed by atoms with E-state index in [1.165, 1.54) is 6.07 Å². The molecule has 0 spiro atoms. The van der Waals surface area contributed by atoms with Gasteiger partial charge in [-0.25, -0.2) is 4.39 Å². The van der Waals surface area contributed by atoms with Gasteiger partial charge >= 0.3 is 0 Å². The first-order valence-electron chi connectivity index (χ1n) is 7.37. The molecular weight excluding hydrogens is 269 g/mol. The molecule has 4 heteroatoms. The molecule has 3 rings (SSSR count). The zero-order valence-electron chi connectivity index (χ0n) is 12.1. The van der Waals surface area contributed by atoms with Crippen LogP contribution in [0.25, 0.3) is 0 Å². The van der Waals surface area contributed by atoms with Crippen molar-refractivity contribution in [1.29, 1.82) is 0 Å². The van der Waals surface area contributed by atoms with Gasteiger partial charge < -0.3 is 9.52 Å². The van der Waals surface area contributed by atoms with E-state index in [-0.39, 0.29) is 18.5 Å². The van der Waals surface area contributed by atoms with E-state index in [4.69, 9.17) is 9.52 Å². The molecule has 1 aromatic heterocycles. The fourth-order valence-electron chi connectivity index (χ4n) is 2.75. The first-order chi connectivity index (χ1) is 10.2. The van der Waals surface area contributed by atoms with E-state index < -0.39 is 0 Å². The second-order valence-electron chi connectivity index (χ2n) is 5.63. The summed E-state index contributed by atoms with van der Waals surface area (Å²) in [5, 5.41) is 9.07. The Morgan fingerprint density at radius 3 is 2.57 bits per heavy atom. The Bertz CT molecular complexity index is 606. The standard InChI is InChI=1S/C17H20FNO2/c1-12(16-4-2-3-5-17(16)18)19(13-6-7-13)10-14-8-9-15(11-20)21-14/h2-5,8-9,12-13,20H,6-7,10-11H2,1H3/t12-/m1/s1. The Kier molecular flexibility index (Phi) is 4.08. The van der Waals surface area contributed by atoms with Crippen LogP contribution in [0.3, 0.4) is 0 Å². The molecule has 21 heavy (non-hydrogen) atoms. The van der Waals surface area contributed by atoms with E-state index in [9.17, 15) is 4.39 Å². The number of hydrogen-bond acceptors (Lipinski definition) is 3. The van der Waals surface area contributed by atoms with Crippen LogP contribution < -0.4 is 0 Å². The zero-order valence-corrected chi connectivity index (χ0v) is 12.1. The van der Waals surface area contributed by atoms with Gasteiger partial charge in [0, 0.05) is 17.6 Å². The van der Waals surface area contributed by atoms with E-state index in [2.05, 4.69) is 4.90 Å². The molecule has 0 saturated heterocycles. The van der Waals surface area contributed by atoms with Crippen molar-refractivity contribution in [2.45, 2.75) is 45.0 Å². The number of rotatable bonds is 6. The van der Waals surface area contributed by atoms with Crippen molar-refractivity contribution >= 4 is 0 Å². The highest BCUT2D eigenvalue weighted by Crippen LogP contribution is 2.36. The normalized spacial score (nSPS) is 16.4. The second-order valence-corrected chi connectivity index (χ2v) is 5.63. The van der Waals surface area contributed by atoms with Crippen LogP contribution in [-0.4, -0.2) is 16.0 Å². The predicted molar refractivity (Wildman–Crippen MR) is 78.0 cm³/mol. The van der Waals surface area contributed by atoms with Crippen LogP contribution in [0.1, 0.15) is 42.9 Å². The monoisotopic (exact) mass is 289 g/mol. The lowest BCUT2D eigenvalue weighted by Crippen LogP contribution is -2.29. The van der Waals surface area contributed by atoms with Gasteiger partial charge in [-0.2, -0.15) is 0 Å². The Morgan fingerprint density at radius 2 is 1.95 bits per heavy atom. The SMILES string of the molecule is C[C@H](c1ccccc1F)N(Cc1ccc(CO)o1)C1CC1. The maximum absolute atomic E-state index is 14.0. The van der Waals surface area contributed by atoms with Gasteiger partial charge in [0.1, 0.15) is 23.9 Å². The summed E-state index contributed by atoms with van der Waals surface area (Å²) in [6.45, 7) is 2.58. The number of nitrogens with zero attached hydrogens (tertiary/aromatic N) is 1. The lowest BCUT2D eigenvalue weighted by atomic mass is 10.1. The Morgan fingerprint density at radius 1 is 1.24 bits per heavy atom. The lowest BCUT2D eigenvalue weighted by Gasteiger charge is -2.29. The second kappa shape index (κ2) is 6.00. The van der Waals surface area contributed by atoms with E-state index >= 15 is 0 Å². The van der Waals surface area contributed by atoms with E-state index in [0.29, 0.717) is 18.3 Å². The topological polar surface area (TPSA) is 36.6 Å². The number of furan rings is 1. The van der Waals surface area contributed by atoms with Crippen molar-refractivity contribution in [3.05, 3.63) is 59.3 Å². The van der Waals surface area contributed by atoms with Crippen molar-refractivity contribution in [3.8, 4) is 0 Å². The van der Waals surface area contributed by atoms with Crippen LogP contribution in [0.4, 0.5) is 4.39 Å². The van der Waals surface area contributed by atoms with Crippen molar-refractivity contribution in [2.24, 2.45) is 0 Å². The quantitative estimate of drug-likeness (QED) is 0.882. The fourth-order valence-corrected chi connectivity index (χ4v) is 2.75. The molecule has 0 unspecified atom stereocenters.